The topological polar surface area (TPSA) is 94.7 Å². The van der Waals surface area contributed by atoms with E-state index in [4.69, 9.17) is 9.47 Å². The van der Waals surface area contributed by atoms with Crippen LogP contribution in [0.5, 0.6) is 0 Å². The number of fused-ring (bicyclic) bond motifs is 1. The van der Waals surface area contributed by atoms with Gasteiger partial charge in [0, 0.05) is 0 Å². The number of para-hydroxylation sites is 2. The number of hydrogen-bond donors (Lipinski definition) is 4. The van der Waals surface area contributed by atoms with E-state index in [1.807, 2.05) is 24.3 Å². The zero-order valence-corrected chi connectivity index (χ0v) is 17.5. The third kappa shape index (κ3) is 5.11. The predicted octanol–water partition coefficient (Wildman–Crippen LogP) is -3.64. The van der Waals surface area contributed by atoms with Gasteiger partial charge in [0.15, 0.2) is 0 Å². The Kier molecular flexibility index (Phi) is 7.19. The van der Waals surface area contributed by atoms with Gasteiger partial charge in [-0.1, -0.05) is 12.1 Å². The summed E-state index contributed by atoms with van der Waals surface area (Å²) in [4.78, 5) is 15.8. The van der Waals surface area contributed by atoms with E-state index in [1.54, 1.807) is 9.13 Å². The normalized spacial score (nSPS) is 21.1. The van der Waals surface area contributed by atoms with Crippen LogP contribution < -0.4 is 15.5 Å². The van der Waals surface area contributed by atoms with Crippen LogP contribution in [0.3, 0.4) is 0 Å². The first-order valence-corrected chi connectivity index (χ1v) is 11.0. The van der Waals surface area contributed by atoms with E-state index < -0.39 is 12.2 Å². The number of aliphatic hydroxyl groups excluding tert-OH is 2. The number of nitrogens with one attached hydrogen (secondary N) is 2. The molecule has 9 heteroatoms. The van der Waals surface area contributed by atoms with Crippen LogP contribution in [-0.4, -0.2) is 97.3 Å². The smallest absolute Gasteiger partial charge is 0.329 e. The summed E-state index contributed by atoms with van der Waals surface area (Å²) in [6.45, 7) is 8.06. The third-order valence-electron chi connectivity index (χ3n) is 6.16. The lowest BCUT2D eigenvalue weighted by atomic mass is 10.2. The van der Waals surface area contributed by atoms with Gasteiger partial charge in [0.25, 0.3) is 0 Å². The van der Waals surface area contributed by atoms with Crippen molar-refractivity contribution in [3.63, 3.8) is 0 Å². The highest BCUT2D eigenvalue weighted by Crippen LogP contribution is 2.13. The van der Waals surface area contributed by atoms with Crippen LogP contribution in [0, 0.1) is 0 Å². The summed E-state index contributed by atoms with van der Waals surface area (Å²) in [6, 6.07) is 7.61. The highest BCUT2D eigenvalue weighted by molar-refractivity contribution is 5.76. The SMILES string of the molecule is O=c1n(C[C@H](O)C[NH+]2CCOCC2)c2ccccc2n1C[C@H](O)C[NH+]1CCOCC1. The fourth-order valence-corrected chi connectivity index (χ4v) is 4.57. The Labute approximate surface area is 176 Å². The minimum absolute atomic E-state index is 0.178. The molecule has 2 aromatic rings. The van der Waals surface area contributed by atoms with Crippen molar-refractivity contribution in [3.8, 4) is 0 Å². The summed E-state index contributed by atoms with van der Waals surface area (Å²) in [5, 5.41) is 21.3. The molecule has 30 heavy (non-hydrogen) atoms. The molecule has 0 bridgehead atoms. The monoisotopic (exact) mass is 422 g/mol. The zero-order valence-electron chi connectivity index (χ0n) is 17.5. The second-order valence-electron chi connectivity index (χ2n) is 8.43. The van der Waals surface area contributed by atoms with Gasteiger partial charge in [0.05, 0.1) is 50.6 Å². The number of benzene rings is 1. The summed E-state index contributed by atoms with van der Waals surface area (Å²) >= 11 is 0. The van der Waals surface area contributed by atoms with E-state index in [0.717, 1.165) is 37.2 Å². The second-order valence-corrected chi connectivity index (χ2v) is 8.43. The lowest BCUT2D eigenvalue weighted by Crippen LogP contribution is -3.15. The number of morpholine rings is 2. The first kappa shape index (κ1) is 21.5. The summed E-state index contributed by atoms with van der Waals surface area (Å²) < 4.78 is 14.0. The maximum Gasteiger partial charge on any atom is 0.329 e. The molecule has 2 aliphatic rings. The van der Waals surface area contributed by atoms with Crippen LogP contribution >= 0.6 is 0 Å². The fourth-order valence-electron chi connectivity index (χ4n) is 4.57. The van der Waals surface area contributed by atoms with Gasteiger partial charge in [-0.2, -0.15) is 0 Å². The highest BCUT2D eigenvalue weighted by atomic mass is 16.5. The largest absolute Gasteiger partial charge is 0.385 e. The molecule has 0 saturated carbocycles. The van der Waals surface area contributed by atoms with Gasteiger partial charge in [-0.05, 0) is 12.1 Å². The number of rotatable bonds is 8. The molecule has 4 rings (SSSR count). The number of aromatic nitrogens is 2. The lowest BCUT2D eigenvalue weighted by molar-refractivity contribution is -0.911. The van der Waals surface area contributed by atoms with Crippen molar-refractivity contribution in [1.82, 2.24) is 9.13 Å². The molecule has 0 aliphatic carbocycles. The van der Waals surface area contributed by atoms with Crippen molar-refractivity contribution in [2.24, 2.45) is 0 Å². The number of quaternary nitrogens is 2. The van der Waals surface area contributed by atoms with Crippen LogP contribution in [0.15, 0.2) is 29.1 Å². The molecule has 1 aromatic carbocycles. The number of aliphatic hydroxyl groups is 2. The zero-order chi connectivity index (χ0) is 20.9. The number of imidazole rings is 1. The van der Waals surface area contributed by atoms with Crippen LogP contribution in [0.4, 0.5) is 0 Å². The maximum absolute atomic E-state index is 13.2. The molecular weight excluding hydrogens is 388 g/mol. The van der Waals surface area contributed by atoms with Crippen LogP contribution in [-0.2, 0) is 22.6 Å². The van der Waals surface area contributed by atoms with Gasteiger partial charge >= 0.3 is 5.69 Å². The molecule has 2 aliphatic heterocycles. The Bertz CT molecular complexity index is 802. The van der Waals surface area contributed by atoms with Gasteiger partial charge in [0.1, 0.15) is 51.5 Å². The maximum atomic E-state index is 13.2. The Morgan fingerprint density at radius 3 is 1.60 bits per heavy atom. The van der Waals surface area contributed by atoms with E-state index in [1.165, 1.54) is 9.80 Å². The molecular formula is C21H34N4O5+2. The molecule has 0 spiro atoms. The molecule has 0 unspecified atom stereocenters. The van der Waals surface area contributed by atoms with Crippen LogP contribution in [0.2, 0.25) is 0 Å². The molecule has 1 aromatic heterocycles. The third-order valence-corrected chi connectivity index (χ3v) is 6.16. The predicted molar refractivity (Wildman–Crippen MR) is 111 cm³/mol. The van der Waals surface area contributed by atoms with E-state index in [0.29, 0.717) is 39.5 Å². The minimum Gasteiger partial charge on any atom is -0.385 e. The molecule has 0 amide bonds. The van der Waals surface area contributed by atoms with Gasteiger partial charge in [-0.3, -0.25) is 9.13 Å². The van der Waals surface area contributed by atoms with Crippen molar-refractivity contribution in [3.05, 3.63) is 34.7 Å². The van der Waals surface area contributed by atoms with E-state index in [-0.39, 0.29) is 18.8 Å². The molecule has 3 heterocycles. The molecule has 2 saturated heterocycles. The summed E-state index contributed by atoms with van der Waals surface area (Å²) in [6.07, 6.45) is -1.23. The summed E-state index contributed by atoms with van der Waals surface area (Å²) in [7, 11) is 0. The van der Waals surface area contributed by atoms with Crippen LogP contribution in [0.1, 0.15) is 0 Å². The average molecular weight is 423 g/mol. The minimum atomic E-state index is -0.613. The van der Waals surface area contributed by atoms with Crippen molar-refractivity contribution < 1.29 is 29.5 Å². The van der Waals surface area contributed by atoms with E-state index >= 15 is 0 Å². The van der Waals surface area contributed by atoms with Crippen molar-refractivity contribution >= 4 is 11.0 Å². The molecule has 9 nitrogen and oxygen atoms in total. The Hall–Kier alpha value is -1.75. The van der Waals surface area contributed by atoms with Crippen molar-refractivity contribution in [2.45, 2.75) is 25.3 Å². The first-order chi connectivity index (χ1) is 14.6. The Morgan fingerprint density at radius 2 is 1.20 bits per heavy atom. The van der Waals surface area contributed by atoms with Gasteiger partial charge in [-0.25, -0.2) is 4.79 Å². The van der Waals surface area contributed by atoms with Crippen molar-refractivity contribution in [2.75, 3.05) is 65.7 Å². The molecule has 2 atom stereocenters. The molecule has 2 fully saturated rings. The molecule has 4 N–H and O–H groups in total. The highest BCUT2D eigenvalue weighted by Gasteiger charge is 2.24. The molecule has 166 valence electrons. The standard InChI is InChI=1S/C21H32N4O5/c26-17(13-22-5-9-29-10-6-22)15-24-19-3-1-2-4-20(19)25(21(24)28)16-18(27)14-23-7-11-30-12-8-23/h1-4,17-18,26-27H,5-16H2/p+2/t17-,18-/m1/s1. The van der Waals surface area contributed by atoms with Gasteiger partial charge in [0.2, 0.25) is 0 Å². The fraction of sp³-hybridized carbons (Fsp3) is 0.667. The number of hydrogen-bond acceptors (Lipinski definition) is 5. The number of ether oxygens (including phenoxy) is 2. The Balaban J connectivity index is 1.48. The Morgan fingerprint density at radius 1 is 0.800 bits per heavy atom. The van der Waals surface area contributed by atoms with E-state index in [9.17, 15) is 15.0 Å². The lowest BCUT2D eigenvalue weighted by Gasteiger charge is -2.26. The average Bonchev–Trinajstić information content (AvgIpc) is 3.01. The van der Waals surface area contributed by atoms with Gasteiger partial charge in [-0.15, -0.1) is 0 Å². The second kappa shape index (κ2) is 10.0. The first-order valence-electron chi connectivity index (χ1n) is 11.0. The van der Waals surface area contributed by atoms with E-state index in [2.05, 4.69) is 0 Å². The van der Waals surface area contributed by atoms with Crippen molar-refractivity contribution in [1.29, 1.82) is 0 Å². The summed E-state index contributed by atoms with van der Waals surface area (Å²) in [5.41, 5.74) is 1.41. The quantitative estimate of drug-likeness (QED) is 0.352. The molecule has 0 radical (unpaired) electrons. The number of nitrogens with zero attached hydrogens (tertiary/aromatic N) is 2. The van der Waals surface area contributed by atoms with Gasteiger partial charge < -0.3 is 29.5 Å². The summed E-state index contributed by atoms with van der Waals surface area (Å²) in [5.74, 6) is 0. The van der Waals surface area contributed by atoms with Crippen LogP contribution in [0.25, 0.3) is 11.0 Å².